The van der Waals surface area contributed by atoms with E-state index in [2.05, 4.69) is 37.2 Å². The maximum absolute atomic E-state index is 12.9. The molecule has 0 atom stereocenters. The molecule has 0 saturated carbocycles. The molecule has 2 rings (SSSR count). The number of halogens is 5. The van der Waals surface area contributed by atoms with Crippen LogP contribution in [0.5, 0.6) is 0 Å². The summed E-state index contributed by atoms with van der Waals surface area (Å²) in [7, 11) is 0. The average molecular weight is 429 g/mol. The van der Waals surface area contributed by atoms with Crippen LogP contribution in [0, 0.1) is 0 Å². The summed E-state index contributed by atoms with van der Waals surface area (Å²) in [5.41, 5.74) is -0.546. The normalized spacial score (nSPS) is 11.7. The van der Waals surface area contributed by atoms with Crippen molar-refractivity contribution in [3.63, 3.8) is 0 Å². The van der Waals surface area contributed by atoms with E-state index in [0.29, 0.717) is 17.4 Å². The molecule has 0 amide bonds. The largest absolute Gasteiger partial charge is 0.418 e. The van der Waals surface area contributed by atoms with Crippen molar-refractivity contribution in [2.75, 3.05) is 11.9 Å². The average Bonchev–Trinajstić information content (AvgIpc) is 2.76. The molecular formula is C13H10Br2F3NS. The van der Waals surface area contributed by atoms with Crippen LogP contribution in [0.15, 0.2) is 38.6 Å². The van der Waals surface area contributed by atoms with Crippen molar-refractivity contribution in [2.45, 2.75) is 12.6 Å². The first-order valence-electron chi connectivity index (χ1n) is 5.71. The highest BCUT2D eigenvalue weighted by molar-refractivity contribution is 9.11. The molecule has 0 aliphatic rings. The molecule has 20 heavy (non-hydrogen) atoms. The molecule has 1 N–H and O–H groups in total. The van der Waals surface area contributed by atoms with Crippen LogP contribution in [0.25, 0.3) is 0 Å². The fraction of sp³-hybridized carbons (Fsp3) is 0.231. The Hall–Kier alpha value is -0.530. The fourth-order valence-corrected chi connectivity index (χ4v) is 3.56. The van der Waals surface area contributed by atoms with Crippen LogP contribution in [0.1, 0.15) is 10.4 Å². The quantitative estimate of drug-likeness (QED) is 0.634. The lowest BCUT2D eigenvalue weighted by atomic mass is 10.1. The Kier molecular flexibility index (Phi) is 5.14. The van der Waals surface area contributed by atoms with Gasteiger partial charge in [0, 0.05) is 21.6 Å². The van der Waals surface area contributed by atoms with Crippen LogP contribution in [-0.2, 0) is 12.6 Å². The summed E-state index contributed by atoms with van der Waals surface area (Å²) < 4.78 is 40.2. The third kappa shape index (κ3) is 4.23. The Bertz CT molecular complexity index is 596. The Morgan fingerprint density at radius 2 is 1.85 bits per heavy atom. The van der Waals surface area contributed by atoms with E-state index in [1.165, 1.54) is 6.07 Å². The summed E-state index contributed by atoms with van der Waals surface area (Å²) in [6.45, 7) is 0.456. The van der Waals surface area contributed by atoms with Gasteiger partial charge in [0.2, 0.25) is 0 Å². The zero-order valence-corrected chi connectivity index (χ0v) is 14.1. The molecule has 1 nitrogen and oxygen atoms in total. The smallest absolute Gasteiger partial charge is 0.384 e. The van der Waals surface area contributed by atoms with Crippen molar-refractivity contribution < 1.29 is 13.2 Å². The summed E-state index contributed by atoms with van der Waals surface area (Å²) in [4.78, 5) is 1.12. The highest BCUT2D eigenvalue weighted by Gasteiger charge is 2.33. The molecular weight excluding hydrogens is 419 g/mol. The number of benzene rings is 1. The van der Waals surface area contributed by atoms with E-state index in [0.717, 1.165) is 14.7 Å². The zero-order chi connectivity index (χ0) is 14.8. The Balaban J connectivity index is 2.06. The minimum atomic E-state index is -4.36. The lowest BCUT2D eigenvalue weighted by Gasteiger charge is -2.14. The zero-order valence-electron chi connectivity index (χ0n) is 10.1. The van der Waals surface area contributed by atoms with E-state index in [9.17, 15) is 13.2 Å². The highest BCUT2D eigenvalue weighted by atomic mass is 79.9. The molecule has 0 fully saturated rings. The van der Waals surface area contributed by atoms with Gasteiger partial charge in [0.05, 0.1) is 9.35 Å². The molecule has 108 valence electrons. The van der Waals surface area contributed by atoms with Gasteiger partial charge in [0.15, 0.2) is 0 Å². The molecule has 1 aromatic carbocycles. The summed E-state index contributed by atoms with van der Waals surface area (Å²) in [6, 6.07) is 8.02. The van der Waals surface area contributed by atoms with E-state index < -0.39 is 11.7 Å². The summed E-state index contributed by atoms with van der Waals surface area (Å²) in [5, 5.41) is 2.86. The first-order valence-corrected chi connectivity index (χ1v) is 8.11. The van der Waals surface area contributed by atoms with Crippen molar-refractivity contribution in [2.24, 2.45) is 0 Å². The van der Waals surface area contributed by atoms with Crippen LogP contribution in [0.2, 0.25) is 0 Å². The topological polar surface area (TPSA) is 12.0 Å². The van der Waals surface area contributed by atoms with Gasteiger partial charge in [-0.3, -0.25) is 0 Å². The first kappa shape index (κ1) is 15.9. The van der Waals surface area contributed by atoms with Crippen molar-refractivity contribution in [3.8, 4) is 0 Å². The van der Waals surface area contributed by atoms with Gasteiger partial charge in [-0.15, -0.1) is 11.3 Å². The summed E-state index contributed by atoms with van der Waals surface area (Å²) in [6.07, 6.45) is -3.68. The molecule has 0 aliphatic heterocycles. The molecule has 0 radical (unpaired) electrons. The van der Waals surface area contributed by atoms with Gasteiger partial charge in [0.25, 0.3) is 0 Å². The second kappa shape index (κ2) is 6.49. The number of thiophene rings is 1. The second-order valence-electron chi connectivity index (χ2n) is 4.07. The van der Waals surface area contributed by atoms with Gasteiger partial charge in [-0.1, -0.05) is 15.9 Å². The maximum Gasteiger partial charge on any atom is 0.418 e. The summed E-state index contributed by atoms with van der Waals surface area (Å²) >= 11 is 8.01. The van der Waals surface area contributed by atoms with Gasteiger partial charge in [-0.2, -0.15) is 13.2 Å². The highest BCUT2D eigenvalue weighted by Crippen LogP contribution is 2.36. The van der Waals surface area contributed by atoms with Gasteiger partial charge in [-0.25, -0.2) is 0 Å². The molecule has 1 heterocycles. The van der Waals surface area contributed by atoms with E-state index in [-0.39, 0.29) is 5.69 Å². The van der Waals surface area contributed by atoms with Crippen LogP contribution >= 0.6 is 43.2 Å². The molecule has 0 aliphatic carbocycles. The van der Waals surface area contributed by atoms with E-state index in [1.807, 2.05) is 12.1 Å². The second-order valence-corrected chi connectivity index (χ2v) is 7.53. The van der Waals surface area contributed by atoms with E-state index in [4.69, 9.17) is 0 Å². The monoisotopic (exact) mass is 427 g/mol. The minimum Gasteiger partial charge on any atom is -0.384 e. The standard InChI is InChI=1S/C13H10Br2F3NS/c14-8-1-3-11(10(7-8)13(16,17)18)19-6-5-9-2-4-12(15)20-9/h1-4,7,19H,5-6H2. The van der Waals surface area contributed by atoms with E-state index in [1.54, 1.807) is 17.4 Å². The van der Waals surface area contributed by atoms with Crippen LogP contribution in [0.4, 0.5) is 18.9 Å². The van der Waals surface area contributed by atoms with Crippen molar-refractivity contribution in [3.05, 3.63) is 49.0 Å². The van der Waals surface area contributed by atoms with Crippen LogP contribution in [-0.4, -0.2) is 6.54 Å². The molecule has 1 aromatic heterocycles. The number of hydrogen-bond donors (Lipinski definition) is 1. The van der Waals surface area contributed by atoms with Gasteiger partial charge in [0.1, 0.15) is 0 Å². The third-order valence-corrected chi connectivity index (χ3v) is 4.78. The van der Waals surface area contributed by atoms with Crippen molar-refractivity contribution >= 4 is 48.9 Å². The van der Waals surface area contributed by atoms with Crippen LogP contribution < -0.4 is 5.32 Å². The first-order chi connectivity index (χ1) is 9.36. The number of nitrogens with one attached hydrogen (secondary N) is 1. The number of hydrogen-bond acceptors (Lipinski definition) is 2. The van der Waals surface area contributed by atoms with E-state index >= 15 is 0 Å². The SMILES string of the molecule is FC(F)(F)c1cc(Br)ccc1NCCc1ccc(Br)s1. The maximum atomic E-state index is 12.9. The number of alkyl halides is 3. The molecule has 2 aromatic rings. The molecule has 7 heteroatoms. The minimum absolute atomic E-state index is 0.108. The predicted octanol–water partition coefficient (Wildman–Crippen LogP) is 5.95. The van der Waals surface area contributed by atoms with Gasteiger partial charge < -0.3 is 5.32 Å². The molecule has 0 unspecified atom stereocenters. The van der Waals surface area contributed by atoms with Gasteiger partial charge in [-0.05, 0) is 52.7 Å². The van der Waals surface area contributed by atoms with Crippen molar-refractivity contribution in [1.82, 2.24) is 0 Å². The molecule has 0 saturated heterocycles. The Labute approximate surface area is 135 Å². The predicted molar refractivity (Wildman–Crippen MR) is 83.4 cm³/mol. The lowest BCUT2D eigenvalue weighted by Crippen LogP contribution is -2.12. The number of rotatable bonds is 4. The summed E-state index contributed by atoms with van der Waals surface area (Å²) in [5.74, 6) is 0. The Morgan fingerprint density at radius 1 is 1.10 bits per heavy atom. The van der Waals surface area contributed by atoms with Gasteiger partial charge >= 0.3 is 6.18 Å². The molecule has 0 bridgehead atoms. The Morgan fingerprint density at radius 3 is 2.45 bits per heavy atom. The molecule has 0 spiro atoms. The number of anilines is 1. The third-order valence-electron chi connectivity index (χ3n) is 2.60. The fourth-order valence-electron chi connectivity index (χ4n) is 1.71. The lowest BCUT2D eigenvalue weighted by molar-refractivity contribution is -0.137. The van der Waals surface area contributed by atoms with Crippen LogP contribution in [0.3, 0.4) is 0 Å². The van der Waals surface area contributed by atoms with Crippen molar-refractivity contribution in [1.29, 1.82) is 0 Å².